The molecule has 0 fully saturated rings. The minimum Gasteiger partial charge on any atom is -0.489 e. The molecule has 0 aliphatic carbocycles. The fraction of sp³-hybridized carbons (Fsp3) is 0.276. The molecule has 4 aromatic rings. The molecule has 1 N–H and O–H groups in total. The van der Waals surface area contributed by atoms with Gasteiger partial charge >= 0.3 is 5.97 Å². The molecule has 0 bridgehead atoms. The molecular weight excluding hydrogens is 456 g/mol. The average Bonchev–Trinajstić information content (AvgIpc) is 3.27. The molecule has 0 radical (unpaired) electrons. The van der Waals surface area contributed by atoms with Gasteiger partial charge in [0.25, 0.3) is 5.56 Å². The zero-order chi connectivity index (χ0) is 25.0. The van der Waals surface area contributed by atoms with Gasteiger partial charge in [-0.2, -0.15) is 0 Å². The van der Waals surface area contributed by atoms with Gasteiger partial charge in [-0.1, -0.05) is 44.2 Å². The van der Waals surface area contributed by atoms with Crippen LogP contribution in [0.4, 0.5) is 0 Å². The second-order valence-electron chi connectivity index (χ2n) is 9.33. The molecule has 182 valence electrons. The Morgan fingerprint density at radius 2 is 1.89 bits per heavy atom. The van der Waals surface area contributed by atoms with E-state index in [1.165, 1.54) is 0 Å². The summed E-state index contributed by atoms with van der Waals surface area (Å²) in [6.07, 6.45) is 0.873. The second kappa shape index (κ2) is 8.31. The number of hydrogen-bond acceptors (Lipinski definition) is 6. The summed E-state index contributed by atoms with van der Waals surface area (Å²) in [4.78, 5) is 30.8. The molecule has 0 spiro atoms. The fourth-order valence-electron chi connectivity index (χ4n) is 5.38. The van der Waals surface area contributed by atoms with Gasteiger partial charge in [-0.3, -0.25) is 4.79 Å². The summed E-state index contributed by atoms with van der Waals surface area (Å²) in [5, 5.41) is 12.1. The molecule has 1 atom stereocenters. The summed E-state index contributed by atoms with van der Waals surface area (Å²) in [5.41, 5.74) is 3.90. The third-order valence-electron chi connectivity index (χ3n) is 7.38. The van der Waals surface area contributed by atoms with E-state index >= 15 is 0 Å². The maximum absolute atomic E-state index is 13.5. The summed E-state index contributed by atoms with van der Waals surface area (Å²) >= 11 is 0. The second-order valence-corrected chi connectivity index (χ2v) is 9.33. The van der Waals surface area contributed by atoms with Crippen LogP contribution in [0.25, 0.3) is 22.3 Å². The number of esters is 1. The van der Waals surface area contributed by atoms with E-state index in [9.17, 15) is 14.7 Å². The lowest BCUT2D eigenvalue weighted by Gasteiger charge is -2.31. The lowest BCUT2D eigenvalue weighted by Crippen LogP contribution is -2.44. The van der Waals surface area contributed by atoms with Crippen molar-refractivity contribution in [2.45, 2.75) is 52.0 Å². The third kappa shape index (κ3) is 3.27. The number of carbonyl (C=O) groups is 1. The van der Waals surface area contributed by atoms with Crippen LogP contribution in [0.3, 0.4) is 0 Å². The van der Waals surface area contributed by atoms with Crippen molar-refractivity contribution in [3.8, 4) is 17.1 Å². The van der Waals surface area contributed by atoms with Crippen LogP contribution in [0.1, 0.15) is 48.1 Å². The number of cyclic esters (lactones) is 1. The Bertz CT molecular complexity index is 1590. The predicted octanol–water partition coefficient (Wildman–Crippen LogP) is 4.22. The number of ether oxygens (including phenoxy) is 2. The molecule has 2 aliphatic heterocycles. The van der Waals surface area contributed by atoms with Crippen LogP contribution in [-0.4, -0.2) is 20.6 Å². The number of rotatable bonds is 5. The predicted molar refractivity (Wildman–Crippen MR) is 135 cm³/mol. The van der Waals surface area contributed by atoms with E-state index < -0.39 is 11.6 Å². The number of aliphatic hydroxyl groups is 1. The number of carbonyl (C=O) groups excluding carboxylic acids is 1. The van der Waals surface area contributed by atoms with Gasteiger partial charge in [0.05, 0.1) is 29.0 Å². The van der Waals surface area contributed by atoms with Crippen LogP contribution in [0, 0.1) is 0 Å². The molecule has 0 saturated carbocycles. The Balaban J connectivity index is 1.47. The van der Waals surface area contributed by atoms with E-state index in [0.717, 1.165) is 45.5 Å². The number of fused-ring (bicyclic) bond motifs is 5. The van der Waals surface area contributed by atoms with E-state index in [1.54, 1.807) is 17.6 Å². The number of aryl methyl sites for hydroxylation is 1. The van der Waals surface area contributed by atoms with E-state index in [-0.39, 0.29) is 18.6 Å². The zero-order valence-electron chi connectivity index (χ0n) is 20.2. The summed E-state index contributed by atoms with van der Waals surface area (Å²) in [5.74, 6) is 0.0402. The molecule has 2 aromatic heterocycles. The standard InChI is InChI=1S/C29H26N2O5/c1-3-19-20-12-18(35-15-17-8-6-5-7-9-17)10-11-24(20)30-26-21(19)14-31-25(26)13-23-22(27(31)32)16-36-28(33)29(23,34)4-2/h5-13,34H,3-4,14-16H2,1-2H3/t29-/m0/s1. The van der Waals surface area contributed by atoms with E-state index in [2.05, 4.69) is 6.92 Å². The van der Waals surface area contributed by atoms with Gasteiger partial charge in [0.15, 0.2) is 5.60 Å². The van der Waals surface area contributed by atoms with Gasteiger partial charge in [0.1, 0.15) is 19.0 Å². The van der Waals surface area contributed by atoms with E-state index in [4.69, 9.17) is 14.5 Å². The normalized spacial score (nSPS) is 17.9. The van der Waals surface area contributed by atoms with Gasteiger partial charge in [0, 0.05) is 16.5 Å². The molecule has 2 aromatic carbocycles. The Morgan fingerprint density at radius 3 is 2.64 bits per heavy atom. The third-order valence-corrected chi connectivity index (χ3v) is 7.38. The minimum absolute atomic E-state index is 0.117. The first kappa shape index (κ1) is 22.5. The van der Waals surface area contributed by atoms with Crippen LogP contribution < -0.4 is 10.3 Å². The maximum atomic E-state index is 13.5. The molecule has 2 aliphatic rings. The highest BCUT2D eigenvalue weighted by Gasteiger charge is 2.45. The van der Waals surface area contributed by atoms with Crippen molar-refractivity contribution in [3.05, 3.63) is 92.8 Å². The van der Waals surface area contributed by atoms with Crippen molar-refractivity contribution >= 4 is 16.9 Å². The van der Waals surface area contributed by atoms with Gasteiger partial charge in [-0.25, -0.2) is 9.78 Å². The molecule has 0 saturated heterocycles. The highest BCUT2D eigenvalue weighted by atomic mass is 16.6. The van der Waals surface area contributed by atoms with Crippen molar-refractivity contribution in [1.82, 2.24) is 9.55 Å². The van der Waals surface area contributed by atoms with Crippen molar-refractivity contribution < 1.29 is 19.4 Å². The largest absolute Gasteiger partial charge is 0.489 e. The molecule has 0 amide bonds. The summed E-state index contributed by atoms with van der Waals surface area (Å²) in [6.45, 7) is 4.51. The van der Waals surface area contributed by atoms with Gasteiger partial charge in [-0.05, 0) is 48.2 Å². The fourth-order valence-corrected chi connectivity index (χ4v) is 5.38. The quantitative estimate of drug-likeness (QED) is 0.377. The van der Waals surface area contributed by atoms with Gasteiger partial charge in [0.2, 0.25) is 0 Å². The van der Waals surface area contributed by atoms with Crippen molar-refractivity contribution in [2.24, 2.45) is 0 Å². The topological polar surface area (TPSA) is 90.6 Å². The lowest BCUT2D eigenvalue weighted by molar-refractivity contribution is -0.172. The molecule has 7 nitrogen and oxygen atoms in total. The Hall–Kier alpha value is -3.97. The summed E-state index contributed by atoms with van der Waals surface area (Å²) < 4.78 is 12.9. The highest BCUT2D eigenvalue weighted by Crippen LogP contribution is 2.40. The molecular formula is C29H26N2O5. The smallest absolute Gasteiger partial charge is 0.343 e. The Labute approximate surface area is 207 Å². The number of benzene rings is 2. The molecule has 7 heteroatoms. The monoisotopic (exact) mass is 482 g/mol. The molecule has 6 rings (SSSR count). The first-order valence-electron chi connectivity index (χ1n) is 12.2. The van der Waals surface area contributed by atoms with E-state index in [1.807, 2.05) is 48.5 Å². The molecule has 4 heterocycles. The highest BCUT2D eigenvalue weighted by molar-refractivity contribution is 5.90. The van der Waals surface area contributed by atoms with Crippen molar-refractivity contribution in [2.75, 3.05) is 0 Å². The van der Waals surface area contributed by atoms with Crippen LogP contribution in [0.15, 0.2) is 59.4 Å². The zero-order valence-corrected chi connectivity index (χ0v) is 20.2. The first-order valence-corrected chi connectivity index (χ1v) is 12.2. The molecule has 0 unspecified atom stereocenters. The van der Waals surface area contributed by atoms with Crippen LogP contribution >= 0.6 is 0 Å². The number of hydrogen-bond donors (Lipinski definition) is 1. The van der Waals surface area contributed by atoms with Crippen molar-refractivity contribution in [1.29, 1.82) is 0 Å². The van der Waals surface area contributed by atoms with Crippen molar-refractivity contribution in [3.63, 3.8) is 0 Å². The van der Waals surface area contributed by atoms with Crippen LogP contribution in [0.2, 0.25) is 0 Å². The average molecular weight is 483 g/mol. The Morgan fingerprint density at radius 1 is 1.08 bits per heavy atom. The van der Waals surface area contributed by atoms with Crippen LogP contribution in [-0.2, 0) is 41.3 Å². The SMILES string of the molecule is CCc1c2c(nc3ccc(OCc4ccccc4)cc13)-c1cc3c(c(=O)n1C2)COC(=O)[C@]3(O)CC. The number of pyridine rings is 2. The summed E-state index contributed by atoms with van der Waals surface area (Å²) in [7, 11) is 0. The summed E-state index contributed by atoms with van der Waals surface area (Å²) in [6, 6.07) is 17.6. The lowest BCUT2D eigenvalue weighted by atomic mass is 9.86. The number of aromatic nitrogens is 2. The van der Waals surface area contributed by atoms with Crippen LogP contribution in [0.5, 0.6) is 5.75 Å². The van der Waals surface area contributed by atoms with Gasteiger partial charge in [-0.15, -0.1) is 0 Å². The Kier molecular flexibility index (Phi) is 5.19. The van der Waals surface area contributed by atoms with E-state index in [0.29, 0.717) is 30.0 Å². The van der Waals surface area contributed by atoms with Gasteiger partial charge < -0.3 is 19.1 Å². The first-order chi connectivity index (χ1) is 17.4. The maximum Gasteiger partial charge on any atom is 0.343 e. The molecule has 36 heavy (non-hydrogen) atoms. The minimum atomic E-state index is -1.83. The number of nitrogens with zero attached hydrogens (tertiary/aromatic N) is 2.